The van der Waals surface area contributed by atoms with Crippen LogP contribution < -0.4 is 29.6 Å². The Morgan fingerprint density at radius 2 is 0.390 bits per heavy atom. The molecule has 0 aliphatic heterocycles. The van der Waals surface area contributed by atoms with Crippen molar-refractivity contribution in [2.24, 2.45) is 0 Å². The molecule has 3 nitrogen and oxygen atoms in total. The summed E-state index contributed by atoms with van der Waals surface area (Å²) in [6.45, 7) is 0. The Labute approximate surface area is 283 Å². The molecule has 6 rings (SSSR count). The van der Waals surface area contributed by atoms with Crippen molar-refractivity contribution >= 4 is 14.8 Å². The van der Waals surface area contributed by atoms with Crippen molar-refractivity contribution < 1.29 is 29.6 Å². The Morgan fingerprint density at radius 1 is 0.244 bits per heavy atom. The van der Waals surface area contributed by atoms with Crippen LogP contribution in [-0.2, 0) is 0 Å². The van der Waals surface area contributed by atoms with Crippen molar-refractivity contribution in [2.75, 3.05) is 0 Å². The van der Waals surface area contributed by atoms with Crippen molar-refractivity contribution in [1.82, 2.24) is 11.7 Å². The fourth-order valence-electron chi connectivity index (χ4n) is 10.8. The van der Waals surface area contributed by atoms with E-state index in [1.54, 1.807) is 0 Å². The van der Waals surface area contributed by atoms with Crippen LogP contribution in [0, 0.1) is 0 Å². The quantitative estimate of drug-likeness (QED) is 0.271. The fraction of sp³-hybridized carbons (Fsp3) is 1.00. The first-order chi connectivity index (χ1) is 19.9. The number of hydrogen-bond acceptors (Lipinski definition) is 3. The molecule has 6 aliphatic rings. The van der Waals surface area contributed by atoms with Crippen molar-refractivity contribution in [2.45, 2.75) is 229 Å². The van der Waals surface area contributed by atoms with Gasteiger partial charge in [0.2, 0.25) is 0 Å². The number of nitrogens with zero attached hydrogens (tertiary/aromatic N) is 3. The molecule has 0 bridgehead atoms. The van der Waals surface area contributed by atoms with Crippen LogP contribution in [0.1, 0.15) is 193 Å². The van der Waals surface area contributed by atoms with Crippen molar-refractivity contribution in [3.05, 3.63) is 0 Å². The molecule has 5 heteroatoms. The fourth-order valence-corrected chi connectivity index (χ4v) is 15.7. The van der Waals surface area contributed by atoms with E-state index < -0.39 is 14.8 Å². The van der Waals surface area contributed by atoms with E-state index in [1.165, 1.54) is 193 Å². The van der Waals surface area contributed by atoms with E-state index >= 15 is 0 Å². The summed E-state index contributed by atoms with van der Waals surface area (Å²) in [7, 11) is 0. The second-order valence-corrected chi connectivity index (χ2v) is 17.9. The van der Waals surface area contributed by atoms with Gasteiger partial charge >= 0.3 is 29.6 Å². The van der Waals surface area contributed by atoms with Gasteiger partial charge in [-0.25, -0.2) is 0 Å². The van der Waals surface area contributed by atoms with Gasteiger partial charge in [-0.05, 0) is 113 Å². The smallest absolute Gasteiger partial charge is 0.505 e. The molecule has 0 N–H and O–H groups in total. The maximum Gasteiger partial charge on any atom is 1.00 e. The minimum absolute atomic E-state index is 0. The van der Waals surface area contributed by atoms with Gasteiger partial charge in [0.1, 0.15) is 0 Å². The topological polar surface area (TPSA) is 9.72 Å². The van der Waals surface area contributed by atoms with Gasteiger partial charge in [-0.3, -0.25) is 0 Å². The summed E-state index contributed by atoms with van der Waals surface area (Å²) in [4.78, 5) is 0. The predicted octanol–water partition coefficient (Wildman–Crippen LogP) is 6.88. The Kier molecular flexibility index (Phi) is 14.8. The van der Waals surface area contributed by atoms with Gasteiger partial charge in [0.05, 0.1) is 0 Å². The number of hydrogen-bond donors (Lipinski definition) is 0. The SMILES string of the molecule is C1CCC([N](C2CCCCC2)[Al-]([N](C2CCCCC2)C2CCCCC2)[N](C2CCCCC2)C2CCCCC2)CC1.[Na+]. The van der Waals surface area contributed by atoms with Gasteiger partial charge in [-0.2, -0.15) is 0 Å². The third-order valence-electron chi connectivity index (χ3n) is 12.8. The van der Waals surface area contributed by atoms with Crippen molar-refractivity contribution in [1.29, 1.82) is 0 Å². The molecule has 0 saturated heterocycles. The summed E-state index contributed by atoms with van der Waals surface area (Å²) in [5.74, 6) is 0. The van der Waals surface area contributed by atoms with E-state index in [0.717, 1.165) is 36.3 Å². The molecule has 0 spiro atoms. The summed E-state index contributed by atoms with van der Waals surface area (Å²) in [6.07, 6.45) is 45.4. The molecular weight excluding hydrogens is 524 g/mol. The van der Waals surface area contributed by atoms with E-state index in [-0.39, 0.29) is 29.6 Å². The van der Waals surface area contributed by atoms with Crippen molar-refractivity contribution in [3.8, 4) is 0 Å². The van der Waals surface area contributed by atoms with Crippen LogP contribution in [0.5, 0.6) is 0 Å². The van der Waals surface area contributed by atoms with E-state index in [2.05, 4.69) is 11.7 Å². The summed E-state index contributed by atoms with van der Waals surface area (Å²) in [5, 5.41) is 0. The van der Waals surface area contributed by atoms with Gasteiger partial charge in [-0.15, -0.1) is 0 Å². The molecule has 0 amide bonds. The average molecular weight is 591 g/mol. The second kappa shape index (κ2) is 17.9. The van der Waals surface area contributed by atoms with E-state index in [1.807, 2.05) is 0 Å². The summed E-state index contributed by atoms with van der Waals surface area (Å²) < 4.78 is 10.5. The third-order valence-corrected chi connectivity index (χ3v) is 16.9. The summed E-state index contributed by atoms with van der Waals surface area (Å²) in [5.41, 5.74) is 0. The van der Waals surface area contributed by atoms with Crippen LogP contribution in [0.3, 0.4) is 0 Å². The first-order valence-corrected chi connectivity index (χ1v) is 20.8. The first-order valence-electron chi connectivity index (χ1n) is 19.2. The molecule has 0 aromatic rings. The third kappa shape index (κ3) is 8.82. The molecule has 6 aliphatic carbocycles. The molecule has 0 heterocycles. The van der Waals surface area contributed by atoms with Crippen LogP contribution in [-0.4, -0.2) is 62.7 Å². The zero-order valence-corrected chi connectivity index (χ0v) is 30.8. The van der Waals surface area contributed by atoms with Crippen molar-refractivity contribution in [3.63, 3.8) is 0 Å². The molecule has 229 valence electrons. The zero-order valence-electron chi connectivity index (χ0n) is 27.6. The molecule has 1 radical (unpaired) electrons. The monoisotopic (exact) mass is 590 g/mol. The Morgan fingerprint density at radius 3 is 0.537 bits per heavy atom. The minimum Gasteiger partial charge on any atom is -0.505 e. The molecule has 0 aromatic heterocycles. The maximum absolute atomic E-state index is 3.50. The van der Waals surface area contributed by atoms with E-state index in [4.69, 9.17) is 0 Å². The van der Waals surface area contributed by atoms with Crippen LogP contribution in [0.2, 0.25) is 0 Å². The Balaban J connectivity index is 0.00000337. The van der Waals surface area contributed by atoms with Gasteiger partial charge in [0.25, 0.3) is 14.8 Å². The van der Waals surface area contributed by atoms with E-state index in [0.29, 0.717) is 0 Å². The Hall–Kier alpha value is 1.41. The average Bonchev–Trinajstić information content (AvgIpc) is 3.04. The molecule has 6 fully saturated rings. The molecule has 6 saturated carbocycles. The molecule has 0 aromatic carbocycles. The second-order valence-electron chi connectivity index (χ2n) is 15.4. The zero-order chi connectivity index (χ0) is 27.0. The first kappa shape index (κ1) is 33.8. The Bertz CT molecular complexity index is 553. The number of rotatable bonds is 9. The van der Waals surface area contributed by atoms with Gasteiger partial charge in [0, 0.05) is 0 Å². The van der Waals surface area contributed by atoms with Crippen LogP contribution in [0.15, 0.2) is 0 Å². The normalized spacial score (nSPS) is 28.1. The van der Waals surface area contributed by atoms with E-state index in [9.17, 15) is 0 Å². The minimum atomic E-state index is -1.52. The van der Waals surface area contributed by atoms with Crippen LogP contribution >= 0.6 is 0 Å². The standard InChI is InChI=1S/3C12H22N.Al.Na/c3*1-3-7-11(8-4-1)13-12-9-5-2-6-10-12;;/h3*11-12H,1-10H2;;/q3*-1;+2;+1. The maximum atomic E-state index is 3.50. The van der Waals surface area contributed by atoms with Gasteiger partial charge in [0.15, 0.2) is 0 Å². The summed E-state index contributed by atoms with van der Waals surface area (Å²) >= 11 is -1.52. The molecule has 0 atom stereocenters. The molecule has 0 unspecified atom stereocenters. The summed E-state index contributed by atoms with van der Waals surface area (Å²) in [6, 6.07) is 5.40. The van der Waals surface area contributed by atoms with Crippen LogP contribution in [0.25, 0.3) is 0 Å². The molecular formula is C36H66AlN3Na. The van der Waals surface area contributed by atoms with Gasteiger partial charge < -0.3 is 11.7 Å². The largest absolute Gasteiger partial charge is 1.00 e. The predicted molar refractivity (Wildman–Crippen MR) is 173 cm³/mol. The molecule has 41 heavy (non-hydrogen) atoms. The van der Waals surface area contributed by atoms with Crippen LogP contribution in [0.4, 0.5) is 0 Å². The van der Waals surface area contributed by atoms with Gasteiger partial charge in [-0.1, -0.05) is 116 Å².